The topological polar surface area (TPSA) is 18.5 Å². The van der Waals surface area contributed by atoms with Crippen molar-refractivity contribution in [2.45, 2.75) is 12.5 Å². The Morgan fingerprint density at radius 3 is 2.37 bits per heavy atom. The first-order valence-electron chi connectivity index (χ1n) is 6.79. The van der Waals surface area contributed by atoms with Gasteiger partial charge in [-0.2, -0.15) is 0 Å². The zero-order valence-electron chi connectivity index (χ0n) is 12.5. The zero-order chi connectivity index (χ0) is 14.3. The second-order valence-electron chi connectivity index (χ2n) is 5.26. The minimum atomic E-state index is -0.127. The molecular formula is C15H26FN3. The van der Waals surface area contributed by atoms with Crippen molar-refractivity contribution in [3.8, 4) is 0 Å². The normalized spacial score (nSPS) is 13.2. The van der Waals surface area contributed by atoms with Crippen molar-refractivity contribution < 1.29 is 4.39 Å². The molecular weight excluding hydrogens is 241 g/mol. The van der Waals surface area contributed by atoms with E-state index in [1.165, 1.54) is 6.07 Å². The lowest BCUT2D eigenvalue weighted by atomic mass is 10.0. The number of nitrogens with one attached hydrogen (secondary N) is 1. The highest BCUT2D eigenvalue weighted by molar-refractivity contribution is 5.21. The van der Waals surface area contributed by atoms with Crippen LogP contribution in [-0.2, 0) is 0 Å². The summed E-state index contributed by atoms with van der Waals surface area (Å²) in [6.07, 6.45) is 0.904. The molecule has 0 spiro atoms. The Hall–Kier alpha value is -0.970. The summed E-state index contributed by atoms with van der Waals surface area (Å²) in [4.78, 5) is 4.45. The van der Waals surface area contributed by atoms with Crippen LogP contribution in [0.5, 0.6) is 0 Å². The van der Waals surface area contributed by atoms with Gasteiger partial charge in [-0.15, -0.1) is 0 Å². The molecule has 4 heteroatoms. The van der Waals surface area contributed by atoms with Crippen molar-refractivity contribution in [2.75, 3.05) is 47.8 Å². The maximum absolute atomic E-state index is 13.7. The number of halogens is 1. The van der Waals surface area contributed by atoms with Crippen molar-refractivity contribution in [1.82, 2.24) is 15.1 Å². The van der Waals surface area contributed by atoms with Crippen molar-refractivity contribution in [2.24, 2.45) is 0 Å². The van der Waals surface area contributed by atoms with Crippen LogP contribution in [0.25, 0.3) is 0 Å². The Labute approximate surface area is 116 Å². The van der Waals surface area contributed by atoms with E-state index in [2.05, 4.69) is 36.3 Å². The standard InChI is InChI=1S/C15H26FN3/c1-17-15(13-7-5-6-8-14(13)16)9-10-19(4)12-11-18(2)3/h5-8,15,17H,9-12H2,1-4H3. The summed E-state index contributed by atoms with van der Waals surface area (Å²) in [5.41, 5.74) is 0.756. The summed E-state index contributed by atoms with van der Waals surface area (Å²) >= 11 is 0. The molecule has 0 heterocycles. The van der Waals surface area contributed by atoms with Crippen LogP contribution in [-0.4, -0.2) is 57.6 Å². The van der Waals surface area contributed by atoms with E-state index in [4.69, 9.17) is 0 Å². The molecule has 0 radical (unpaired) electrons. The minimum Gasteiger partial charge on any atom is -0.313 e. The molecule has 0 saturated heterocycles. The third-order valence-electron chi connectivity index (χ3n) is 3.36. The number of hydrogen-bond donors (Lipinski definition) is 1. The Bertz CT molecular complexity index is 368. The fraction of sp³-hybridized carbons (Fsp3) is 0.600. The lowest BCUT2D eigenvalue weighted by Gasteiger charge is -2.23. The van der Waals surface area contributed by atoms with Gasteiger partial charge in [-0.25, -0.2) is 4.39 Å². The molecule has 1 atom stereocenters. The first-order chi connectivity index (χ1) is 9.04. The molecule has 0 aliphatic rings. The van der Waals surface area contributed by atoms with E-state index in [1.807, 2.05) is 19.2 Å². The number of benzene rings is 1. The summed E-state index contributed by atoms with van der Waals surface area (Å²) < 4.78 is 13.7. The van der Waals surface area contributed by atoms with Crippen molar-refractivity contribution in [3.63, 3.8) is 0 Å². The van der Waals surface area contributed by atoms with Crippen LogP contribution in [0.1, 0.15) is 18.0 Å². The molecule has 19 heavy (non-hydrogen) atoms. The molecule has 0 saturated carbocycles. The summed E-state index contributed by atoms with van der Waals surface area (Å²) in [6, 6.07) is 7.07. The van der Waals surface area contributed by atoms with Crippen LogP contribution < -0.4 is 5.32 Å². The van der Waals surface area contributed by atoms with E-state index < -0.39 is 0 Å². The zero-order valence-corrected chi connectivity index (χ0v) is 12.5. The number of nitrogens with zero attached hydrogens (tertiary/aromatic N) is 2. The van der Waals surface area contributed by atoms with Gasteiger partial charge in [0.15, 0.2) is 0 Å². The quantitative estimate of drug-likeness (QED) is 0.777. The van der Waals surface area contributed by atoms with Crippen LogP contribution in [0.2, 0.25) is 0 Å². The molecule has 0 aliphatic heterocycles. The SMILES string of the molecule is CNC(CCN(C)CCN(C)C)c1ccccc1F. The summed E-state index contributed by atoms with van der Waals surface area (Å²) in [7, 11) is 8.14. The van der Waals surface area contributed by atoms with Crippen LogP contribution >= 0.6 is 0 Å². The van der Waals surface area contributed by atoms with Gasteiger partial charge >= 0.3 is 0 Å². The smallest absolute Gasteiger partial charge is 0.127 e. The highest BCUT2D eigenvalue weighted by Gasteiger charge is 2.13. The molecule has 108 valence electrons. The molecule has 3 nitrogen and oxygen atoms in total. The maximum Gasteiger partial charge on any atom is 0.127 e. The van der Waals surface area contributed by atoms with Gasteiger partial charge in [0.05, 0.1) is 0 Å². The van der Waals surface area contributed by atoms with Gasteiger partial charge in [0.2, 0.25) is 0 Å². The van der Waals surface area contributed by atoms with Gasteiger partial charge in [0.1, 0.15) is 5.82 Å². The van der Waals surface area contributed by atoms with Crippen LogP contribution in [0.4, 0.5) is 4.39 Å². The molecule has 0 amide bonds. The van der Waals surface area contributed by atoms with Gasteiger partial charge in [0, 0.05) is 24.7 Å². The molecule has 0 aliphatic carbocycles. The Balaban J connectivity index is 2.47. The third kappa shape index (κ3) is 5.68. The summed E-state index contributed by atoms with van der Waals surface area (Å²) in [5.74, 6) is -0.127. The monoisotopic (exact) mass is 267 g/mol. The second-order valence-corrected chi connectivity index (χ2v) is 5.26. The molecule has 0 fully saturated rings. The summed E-state index contributed by atoms with van der Waals surface area (Å²) in [6.45, 7) is 3.02. The maximum atomic E-state index is 13.7. The molecule has 1 unspecified atom stereocenters. The van der Waals surface area contributed by atoms with E-state index in [9.17, 15) is 4.39 Å². The van der Waals surface area contributed by atoms with Crippen LogP contribution in [0.15, 0.2) is 24.3 Å². The first-order valence-corrected chi connectivity index (χ1v) is 6.79. The fourth-order valence-electron chi connectivity index (χ4n) is 2.05. The second kappa shape index (κ2) is 8.25. The van der Waals surface area contributed by atoms with Gasteiger partial charge in [-0.3, -0.25) is 0 Å². The molecule has 1 aromatic carbocycles. The van der Waals surface area contributed by atoms with Crippen molar-refractivity contribution in [3.05, 3.63) is 35.6 Å². The highest BCUT2D eigenvalue weighted by atomic mass is 19.1. The van der Waals surface area contributed by atoms with Crippen LogP contribution in [0.3, 0.4) is 0 Å². The molecule has 1 N–H and O–H groups in total. The Morgan fingerprint density at radius 1 is 1.11 bits per heavy atom. The molecule has 0 aromatic heterocycles. The van der Waals surface area contributed by atoms with E-state index in [0.29, 0.717) is 0 Å². The van der Waals surface area contributed by atoms with Gasteiger partial charge < -0.3 is 15.1 Å². The van der Waals surface area contributed by atoms with E-state index in [0.717, 1.165) is 31.6 Å². The molecule has 0 bridgehead atoms. The highest BCUT2D eigenvalue weighted by Crippen LogP contribution is 2.19. The lowest BCUT2D eigenvalue weighted by Crippen LogP contribution is -2.31. The largest absolute Gasteiger partial charge is 0.313 e. The molecule has 1 rings (SSSR count). The van der Waals surface area contributed by atoms with Crippen LogP contribution in [0, 0.1) is 5.82 Å². The van der Waals surface area contributed by atoms with Crippen molar-refractivity contribution >= 4 is 0 Å². The van der Waals surface area contributed by atoms with Gasteiger partial charge in [-0.1, -0.05) is 18.2 Å². The van der Waals surface area contributed by atoms with Crippen molar-refractivity contribution in [1.29, 1.82) is 0 Å². The lowest BCUT2D eigenvalue weighted by molar-refractivity contribution is 0.269. The van der Waals surface area contributed by atoms with E-state index in [1.54, 1.807) is 6.07 Å². The predicted molar refractivity (Wildman–Crippen MR) is 78.9 cm³/mol. The van der Waals surface area contributed by atoms with Gasteiger partial charge in [-0.05, 0) is 47.2 Å². The Morgan fingerprint density at radius 2 is 1.79 bits per heavy atom. The number of rotatable bonds is 8. The summed E-state index contributed by atoms with van der Waals surface area (Å²) in [5, 5.41) is 3.20. The predicted octanol–water partition coefficient (Wildman–Crippen LogP) is 1.97. The number of likely N-dealkylation sites (N-methyl/N-ethyl adjacent to an activating group) is 2. The van der Waals surface area contributed by atoms with E-state index in [-0.39, 0.29) is 11.9 Å². The number of hydrogen-bond acceptors (Lipinski definition) is 3. The van der Waals surface area contributed by atoms with Gasteiger partial charge in [0.25, 0.3) is 0 Å². The minimum absolute atomic E-state index is 0.0722. The first kappa shape index (κ1) is 16.1. The third-order valence-corrected chi connectivity index (χ3v) is 3.36. The fourth-order valence-corrected chi connectivity index (χ4v) is 2.05. The average molecular weight is 267 g/mol. The Kier molecular flexibility index (Phi) is 6.99. The van der Waals surface area contributed by atoms with E-state index >= 15 is 0 Å². The average Bonchev–Trinajstić information content (AvgIpc) is 2.39. The molecule has 1 aromatic rings.